The highest BCUT2D eigenvalue weighted by atomic mass is 16.5. The molecule has 4 heteroatoms. The number of carbonyl (C=O) groups excluding carboxylic acids is 1. The lowest BCUT2D eigenvalue weighted by Gasteiger charge is -2.26. The van der Waals surface area contributed by atoms with Gasteiger partial charge in [0.2, 0.25) is 0 Å². The largest absolute Gasteiger partial charge is 0.451 e. The van der Waals surface area contributed by atoms with Crippen molar-refractivity contribution in [3.05, 3.63) is 35.6 Å². The third-order valence-corrected chi connectivity index (χ3v) is 4.82. The lowest BCUT2D eigenvalue weighted by Crippen LogP contribution is -2.37. The van der Waals surface area contributed by atoms with Crippen molar-refractivity contribution >= 4 is 16.9 Å². The van der Waals surface area contributed by atoms with Gasteiger partial charge in [0.15, 0.2) is 5.76 Å². The van der Waals surface area contributed by atoms with E-state index in [1.807, 2.05) is 38.1 Å². The number of para-hydroxylation sites is 1. The van der Waals surface area contributed by atoms with Crippen molar-refractivity contribution in [1.29, 1.82) is 0 Å². The molecule has 0 spiro atoms. The molecule has 0 atom stereocenters. The molecule has 4 nitrogen and oxygen atoms in total. The van der Waals surface area contributed by atoms with Gasteiger partial charge in [-0.25, -0.2) is 0 Å². The average Bonchev–Trinajstić information content (AvgIpc) is 2.94. The number of fused-ring (bicyclic) bond motifs is 1. The maximum Gasteiger partial charge on any atom is 0.287 e. The van der Waals surface area contributed by atoms with Gasteiger partial charge in [0.1, 0.15) is 5.58 Å². The Kier molecular flexibility index (Phi) is 5.24. The minimum Gasteiger partial charge on any atom is -0.451 e. The number of hydrogen-bond acceptors (Lipinski definition) is 3. The number of nitrogens with one attached hydrogen (secondary N) is 1. The minimum absolute atomic E-state index is 0.106. The summed E-state index contributed by atoms with van der Waals surface area (Å²) in [6, 6.07) is 8.01. The topological polar surface area (TPSA) is 51.5 Å². The molecule has 2 aromatic rings. The van der Waals surface area contributed by atoms with Crippen LogP contribution in [0.4, 0.5) is 0 Å². The van der Waals surface area contributed by atoms with Crippen molar-refractivity contribution in [3.8, 4) is 0 Å². The first-order valence-electron chi connectivity index (χ1n) is 8.97. The van der Waals surface area contributed by atoms with Gasteiger partial charge in [0, 0.05) is 17.0 Å². The van der Waals surface area contributed by atoms with Crippen molar-refractivity contribution in [3.63, 3.8) is 0 Å². The molecule has 0 unspecified atom stereocenters. The summed E-state index contributed by atoms with van der Waals surface area (Å²) in [4.78, 5) is 12.8. The quantitative estimate of drug-likeness (QED) is 0.867. The first kappa shape index (κ1) is 17.0. The molecule has 130 valence electrons. The highest BCUT2D eigenvalue weighted by Gasteiger charge is 2.25. The Labute approximate surface area is 143 Å². The number of furan rings is 1. The van der Waals surface area contributed by atoms with Gasteiger partial charge in [0.05, 0.1) is 12.7 Å². The van der Waals surface area contributed by atoms with E-state index in [0.717, 1.165) is 35.3 Å². The Morgan fingerprint density at radius 2 is 1.96 bits per heavy atom. The maximum atomic E-state index is 12.8. The molecule has 24 heavy (non-hydrogen) atoms. The third-order valence-electron chi connectivity index (χ3n) is 4.82. The van der Waals surface area contributed by atoms with Crippen LogP contribution in [0.3, 0.4) is 0 Å². The second-order valence-corrected chi connectivity index (χ2v) is 7.20. The van der Waals surface area contributed by atoms with Gasteiger partial charge in [-0.1, -0.05) is 25.1 Å². The molecule has 1 aliphatic rings. The fourth-order valence-electron chi connectivity index (χ4n) is 3.33. The fourth-order valence-corrected chi connectivity index (χ4v) is 3.33. The fraction of sp³-hybridized carbons (Fsp3) is 0.550. The predicted octanol–water partition coefficient (Wildman–Crippen LogP) is 4.67. The van der Waals surface area contributed by atoms with E-state index in [1.165, 1.54) is 12.8 Å². The number of hydrogen-bond donors (Lipinski definition) is 1. The van der Waals surface area contributed by atoms with Gasteiger partial charge in [-0.15, -0.1) is 0 Å². The number of rotatable bonds is 5. The first-order valence-corrected chi connectivity index (χ1v) is 8.97. The first-order chi connectivity index (χ1) is 11.5. The van der Waals surface area contributed by atoms with Crippen molar-refractivity contribution in [2.75, 3.05) is 0 Å². The molecule has 1 amide bonds. The molecule has 1 aromatic heterocycles. The summed E-state index contributed by atoms with van der Waals surface area (Å²) in [5, 5.41) is 4.12. The van der Waals surface area contributed by atoms with Gasteiger partial charge < -0.3 is 14.5 Å². The zero-order valence-corrected chi connectivity index (χ0v) is 14.8. The number of benzene rings is 1. The lowest BCUT2D eigenvalue weighted by atomic mass is 9.87. The molecule has 1 saturated carbocycles. The summed E-state index contributed by atoms with van der Waals surface area (Å²) >= 11 is 0. The Morgan fingerprint density at radius 1 is 1.25 bits per heavy atom. The van der Waals surface area contributed by atoms with Gasteiger partial charge in [-0.2, -0.15) is 0 Å². The molecule has 1 aromatic carbocycles. The SMILES string of the molecule is CC1CCC(NC(=O)c2oc3ccccc3c2COC(C)C)CC1. The summed E-state index contributed by atoms with van der Waals surface area (Å²) < 4.78 is 11.6. The van der Waals surface area contributed by atoms with Crippen LogP contribution in [-0.4, -0.2) is 18.1 Å². The summed E-state index contributed by atoms with van der Waals surface area (Å²) in [5.41, 5.74) is 1.59. The average molecular weight is 329 g/mol. The van der Waals surface area contributed by atoms with E-state index in [1.54, 1.807) is 0 Å². The Bertz CT molecular complexity index is 696. The third kappa shape index (κ3) is 3.81. The minimum atomic E-state index is -0.117. The lowest BCUT2D eigenvalue weighted by molar-refractivity contribution is 0.0641. The Morgan fingerprint density at radius 3 is 2.67 bits per heavy atom. The van der Waals surface area contributed by atoms with Crippen molar-refractivity contribution < 1.29 is 13.9 Å². The van der Waals surface area contributed by atoms with E-state index in [4.69, 9.17) is 9.15 Å². The van der Waals surface area contributed by atoms with Gasteiger partial charge in [-0.3, -0.25) is 4.79 Å². The van der Waals surface area contributed by atoms with Crippen molar-refractivity contribution in [2.24, 2.45) is 5.92 Å². The smallest absolute Gasteiger partial charge is 0.287 e. The second-order valence-electron chi connectivity index (χ2n) is 7.20. The molecule has 1 heterocycles. The van der Waals surface area contributed by atoms with Gasteiger partial charge in [0.25, 0.3) is 5.91 Å². The Balaban J connectivity index is 1.81. The normalized spacial score (nSPS) is 21.3. The van der Waals surface area contributed by atoms with E-state index < -0.39 is 0 Å². The van der Waals surface area contributed by atoms with Crippen LogP contribution < -0.4 is 5.32 Å². The molecule has 1 fully saturated rings. The molecule has 0 saturated heterocycles. The standard InChI is InChI=1S/C20H27NO3/c1-13(2)23-12-17-16-6-4-5-7-18(16)24-19(17)20(22)21-15-10-8-14(3)9-11-15/h4-7,13-15H,8-12H2,1-3H3,(H,21,22). The van der Waals surface area contributed by atoms with Crippen molar-refractivity contribution in [1.82, 2.24) is 5.32 Å². The van der Waals surface area contributed by atoms with Crippen LogP contribution >= 0.6 is 0 Å². The van der Waals surface area contributed by atoms with Crippen LogP contribution in [0.1, 0.15) is 62.6 Å². The predicted molar refractivity (Wildman–Crippen MR) is 95.0 cm³/mol. The summed E-state index contributed by atoms with van der Waals surface area (Å²) in [7, 11) is 0. The second kappa shape index (κ2) is 7.39. The number of ether oxygens (including phenoxy) is 1. The van der Waals surface area contributed by atoms with Crippen LogP contribution in [0.2, 0.25) is 0 Å². The maximum absolute atomic E-state index is 12.8. The van der Waals surface area contributed by atoms with Gasteiger partial charge in [-0.05, 0) is 51.5 Å². The molecular weight excluding hydrogens is 302 g/mol. The molecule has 0 aliphatic heterocycles. The highest BCUT2D eigenvalue weighted by Crippen LogP contribution is 2.28. The summed E-state index contributed by atoms with van der Waals surface area (Å²) in [6.07, 6.45) is 4.55. The van der Waals surface area contributed by atoms with E-state index in [2.05, 4.69) is 12.2 Å². The molecule has 0 bridgehead atoms. The van der Waals surface area contributed by atoms with Crippen LogP contribution in [0.25, 0.3) is 11.0 Å². The van der Waals surface area contributed by atoms with Crippen LogP contribution in [0.5, 0.6) is 0 Å². The van der Waals surface area contributed by atoms with Crippen molar-refractivity contribution in [2.45, 2.75) is 65.2 Å². The Hall–Kier alpha value is -1.81. The van der Waals surface area contributed by atoms with E-state index >= 15 is 0 Å². The summed E-state index contributed by atoms with van der Waals surface area (Å²) in [6.45, 7) is 6.65. The molecule has 1 aliphatic carbocycles. The zero-order valence-electron chi connectivity index (χ0n) is 14.8. The van der Waals surface area contributed by atoms with E-state index in [0.29, 0.717) is 12.4 Å². The molecule has 0 radical (unpaired) electrons. The zero-order chi connectivity index (χ0) is 17.1. The van der Waals surface area contributed by atoms with E-state index in [-0.39, 0.29) is 18.1 Å². The van der Waals surface area contributed by atoms with Gasteiger partial charge >= 0.3 is 0 Å². The van der Waals surface area contributed by atoms with Crippen LogP contribution in [0.15, 0.2) is 28.7 Å². The monoisotopic (exact) mass is 329 g/mol. The number of carbonyl (C=O) groups is 1. The summed E-state index contributed by atoms with van der Waals surface area (Å²) in [5.74, 6) is 1.04. The highest BCUT2D eigenvalue weighted by molar-refractivity contribution is 5.99. The number of amides is 1. The van der Waals surface area contributed by atoms with E-state index in [9.17, 15) is 4.79 Å². The molecule has 3 rings (SSSR count). The molecular formula is C20H27NO3. The molecule has 1 N–H and O–H groups in total. The van der Waals surface area contributed by atoms with Crippen LogP contribution in [-0.2, 0) is 11.3 Å². The van der Waals surface area contributed by atoms with Crippen LogP contribution in [0, 0.1) is 5.92 Å².